The first-order valence-corrected chi connectivity index (χ1v) is 13.1. The summed E-state index contributed by atoms with van der Waals surface area (Å²) in [7, 11) is 1.63. The van der Waals surface area contributed by atoms with E-state index in [2.05, 4.69) is 22.3 Å². The van der Waals surface area contributed by atoms with Crippen molar-refractivity contribution in [3.63, 3.8) is 0 Å². The Morgan fingerprint density at radius 3 is 2.50 bits per heavy atom. The van der Waals surface area contributed by atoms with Gasteiger partial charge < -0.3 is 23.3 Å². The van der Waals surface area contributed by atoms with Crippen molar-refractivity contribution in [3.8, 4) is 28.6 Å². The van der Waals surface area contributed by atoms with E-state index in [1.807, 2.05) is 50.2 Å². The number of hydrogen-bond acceptors (Lipinski definition) is 7. The molecular weight excluding hydrogens is 482 g/mol. The molecule has 3 heterocycles. The van der Waals surface area contributed by atoms with Gasteiger partial charge in [0.15, 0.2) is 0 Å². The molecule has 200 valence electrons. The summed E-state index contributed by atoms with van der Waals surface area (Å²) in [4.78, 5) is 17.1. The number of nitrogens with zero attached hydrogens (tertiary/aromatic N) is 3. The zero-order valence-electron chi connectivity index (χ0n) is 22.3. The highest BCUT2D eigenvalue weighted by Gasteiger charge is 2.17. The molecule has 0 unspecified atom stereocenters. The first-order chi connectivity index (χ1) is 18.7. The molecule has 0 N–H and O–H groups in total. The Hall–Kier alpha value is -3.75. The van der Waals surface area contributed by atoms with E-state index in [0.717, 1.165) is 42.9 Å². The molecule has 0 saturated carbocycles. The summed E-state index contributed by atoms with van der Waals surface area (Å²) >= 11 is 0. The van der Waals surface area contributed by atoms with E-state index in [1.54, 1.807) is 23.9 Å². The fraction of sp³-hybridized carbons (Fsp3) is 0.367. The minimum Gasteiger partial charge on any atom is -0.491 e. The normalized spacial score (nSPS) is 13.6. The Kier molecular flexibility index (Phi) is 9.84. The maximum absolute atomic E-state index is 12.5. The number of methoxy groups -OCH3 is 1. The van der Waals surface area contributed by atoms with E-state index >= 15 is 0 Å². The molecule has 1 fully saturated rings. The van der Waals surface area contributed by atoms with E-state index in [1.165, 1.54) is 11.6 Å². The van der Waals surface area contributed by atoms with Crippen LogP contribution in [0.3, 0.4) is 0 Å². The molecule has 2 aromatic carbocycles. The maximum Gasteiger partial charge on any atom is 0.258 e. The highest BCUT2D eigenvalue weighted by Crippen LogP contribution is 2.29. The molecule has 0 spiro atoms. The van der Waals surface area contributed by atoms with Gasteiger partial charge in [-0.25, -0.2) is 0 Å². The van der Waals surface area contributed by atoms with Crippen molar-refractivity contribution in [3.05, 3.63) is 88.3 Å². The number of benzene rings is 2. The highest BCUT2D eigenvalue weighted by atomic mass is 16.5. The minimum absolute atomic E-state index is 0.114. The van der Waals surface area contributed by atoms with Crippen LogP contribution in [0.1, 0.15) is 43.7 Å². The lowest BCUT2D eigenvalue weighted by Crippen LogP contribution is -2.19. The lowest BCUT2D eigenvalue weighted by atomic mass is 9.91. The van der Waals surface area contributed by atoms with E-state index < -0.39 is 0 Å². The third-order valence-corrected chi connectivity index (χ3v) is 6.33. The van der Waals surface area contributed by atoms with Gasteiger partial charge in [-0.2, -0.15) is 4.98 Å². The fourth-order valence-electron chi connectivity index (χ4n) is 4.35. The van der Waals surface area contributed by atoms with E-state index in [-0.39, 0.29) is 5.56 Å². The van der Waals surface area contributed by atoms with Gasteiger partial charge in [-0.1, -0.05) is 43.3 Å². The summed E-state index contributed by atoms with van der Waals surface area (Å²) in [6.45, 7) is 7.00. The lowest BCUT2D eigenvalue weighted by molar-refractivity contribution is 0.0853. The first kappa shape index (κ1) is 27.3. The average molecular weight is 518 g/mol. The first-order valence-electron chi connectivity index (χ1n) is 13.1. The number of ether oxygens (including phenoxy) is 3. The number of rotatable bonds is 9. The smallest absolute Gasteiger partial charge is 0.258 e. The van der Waals surface area contributed by atoms with Crippen LogP contribution in [0.15, 0.2) is 76.2 Å². The summed E-state index contributed by atoms with van der Waals surface area (Å²) in [5.41, 5.74) is 3.71. The molecule has 0 radical (unpaired) electrons. The van der Waals surface area contributed by atoms with Crippen LogP contribution < -0.4 is 10.3 Å². The zero-order chi connectivity index (χ0) is 26.7. The van der Waals surface area contributed by atoms with Crippen LogP contribution in [-0.2, 0) is 16.0 Å². The largest absolute Gasteiger partial charge is 0.491 e. The van der Waals surface area contributed by atoms with Crippen LogP contribution in [0, 0.1) is 0 Å². The predicted molar refractivity (Wildman–Crippen MR) is 146 cm³/mol. The van der Waals surface area contributed by atoms with Crippen LogP contribution in [-0.4, -0.2) is 48.2 Å². The van der Waals surface area contributed by atoms with Crippen LogP contribution in [0.5, 0.6) is 5.75 Å². The van der Waals surface area contributed by atoms with Crippen molar-refractivity contribution in [1.82, 2.24) is 14.7 Å². The molecule has 0 bridgehead atoms. The standard InChI is InChI=1S/C28H29N3O5.C2H6/c1-33-15-16-35-25-4-2-3-20(17-25)18-31-19-24(9-10-26(31)32)27-29-28(36-30-27)23-7-5-21(6-8-23)22-11-13-34-14-12-22;1-2/h2-10,17,19,22H,11-16,18H2,1H3;1-2H3. The molecular formula is C30H35N3O5. The quantitative estimate of drug-likeness (QED) is 0.269. The molecule has 0 atom stereocenters. The molecule has 0 amide bonds. The second-order valence-electron chi connectivity index (χ2n) is 8.80. The molecule has 1 saturated heterocycles. The molecule has 8 heteroatoms. The molecule has 1 aliphatic rings. The van der Waals surface area contributed by atoms with E-state index in [9.17, 15) is 4.79 Å². The molecule has 8 nitrogen and oxygen atoms in total. The maximum atomic E-state index is 12.5. The minimum atomic E-state index is -0.114. The Morgan fingerprint density at radius 2 is 1.74 bits per heavy atom. The van der Waals surface area contributed by atoms with Crippen molar-refractivity contribution in [2.24, 2.45) is 0 Å². The van der Waals surface area contributed by atoms with Gasteiger partial charge in [0, 0.05) is 43.7 Å². The van der Waals surface area contributed by atoms with Gasteiger partial charge >= 0.3 is 0 Å². The molecule has 1 aliphatic heterocycles. The molecule has 2 aromatic heterocycles. The third-order valence-electron chi connectivity index (χ3n) is 6.33. The fourth-order valence-corrected chi connectivity index (χ4v) is 4.35. The Morgan fingerprint density at radius 1 is 0.974 bits per heavy atom. The van der Waals surface area contributed by atoms with Gasteiger partial charge in [0.2, 0.25) is 5.82 Å². The number of pyridine rings is 1. The summed E-state index contributed by atoms with van der Waals surface area (Å²) < 4.78 is 23.4. The van der Waals surface area contributed by atoms with Crippen molar-refractivity contribution in [1.29, 1.82) is 0 Å². The summed E-state index contributed by atoms with van der Waals surface area (Å²) in [6, 6.07) is 19.2. The third kappa shape index (κ3) is 6.96. The second-order valence-corrected chi connectivity index (χ2v) is 8.80. The van der Waals surface area contributed by atoms with Crippen LogP contribution >= 0.6 is 0 Å². The van der Waals surface area contributed by atoms with Crippen molar-refractivity contribution in [2.45, 2.75) is 39.2 Å². The Bertz CT molecular complexity index is 1340. The predicted octanol–water partition coefficient (Wildman–Crippen LogP) is 5.56. The number of hydrogen-bond donors (Lipinski definition) is 0. The van der Waals surface area contributed by atoms with Crippen LogP contribution in [0.2, 0.25) is 0 Å². The van der Waals surface area contributed by atoms with Crippen LogP contribution in [0.25, 0.3) is 22.8 Å². The average Bonchev–Trinajstić information content (AvgIpc) is 3.47. The Labute approximate surface area is 223 Å². The van der Waals surface area contributed by atoms with Crippen molar-refractivity contribution in [2.75, 3.05) is 33.5 Å². The van der Waals surface area contributed by atoms with Crippen LogP contribution in [0.4, 0.5) is 0 Å². The van der Waals surface area contributed by atoms with Crippen molar-refractivity contribution < 1.29 is 18.7 Å². The van der Waals surface area contributed by atoms with Gasteiger partial charge in [-0.15, -0.1) is 0 Å². The summed E-state index contributed by atoms with van der Waals surface area (Å²) in [6.07, 6.45) is 3.85. The van der Waals surface area contributed by atoms with Gasteiger partial charge in [0.05, 0.1) is 13.2 Å². The van der Waals surface area contributed by atoms with Crippen molar-refractivity contribution >= 4 is 0 Å². The van der Waals surface area contributed by atoms with E-state index in [0.29, 0.717) is 43.0 Å². The molecule has 38 heavy (non-hydrogen) atoms. The monoisotopic (exact) mass is 517 g/mol. The summed E-state index contributed by atoms with van der Waals surface area (Å²) in [5, 5.41) is 4.16. The summed E-state index contributed by atoms with van der Waals surface area (Å²) in [5.74, 6) is 2.15. The zero-order valence-corrected chi connectivity index (χ0v) is 22.3. The molecule has 4 aromatic rings. The van der Waals surface area contributed by atoms with Gasteiger partial charge in [-0.05, 0) is 60.2 Å². The molecule has 5 rings (SSSR count). The Balaban J connectivity index is 0.00000164. The SMILES string of the molecule is CC.COCCOc1cccc(Cn2cc(-c3noc(-c4ccc(C5CCOCC5)cc4)n3)ccc2=O)c1. The van der Waals surface area contributed by atoms with Gasteiger partial charge in [-0.3, -0.25) is 4.79 Å². The van der Waals surface area contributed by atoms with Gasteiger partial charge in [0.1, 0.15) is 12.4 Å². The second kappa shape index (κ2) is 13.7. The lowest BCUT2D eigenvalue weighted by Gasteiger charge is -2.22. The van der Waals surface area contributed by atoms with Gasteiger partial charge in [0.25, 0.3) is 11.4 Å². The number of aromatic nitrogens is 3. The van der Waals surface area contributed by atoms with E-state index in [4.69, 9.17) is 18.7 Å². The highest BCUT2D eigenvalue weighted by molar-refractivity contribution is 5.59. The molecule has 0 aliphatic carbocycles. The topological polar surface area (TPSA) is 88.6 Å².